The number of nitrogens with zero attached hydrogens (tertiary/aromatic N) is 5. The molecule has 0 amide bonds. The first-order valence-electron chi connectivity index (χ1n) is 9.03. The molecule has 0 spiro atoms. The minimum absolute atomic E-state index is 0.170. The summed E-state index contributed by atoms with van der Waals surface area (Å²) in [5.74, 6) is 0.696. The van der Waals surface area contributed by atoms with E-state index in [1.54, 1.807) is 24.8 Å². The minimum atomic E-state index is -0.170. The van der Waals surface area contributed by atoms with Crippen molar-refractivity contribution >= 4 is 11.3 Å². The molecule has 1 fully saturated rings. The number of aromatic nitrogens is 4. The van der Waals surface area contributed by atoms with Crippen LogP contribution in [0.4, 0.5) is 10.1 Å². The Balaban J connectivity index is 1.50. The lowest BCUT2D eigenvalue weighted by Crippen LogP contribution is -2.21. The second-order valence-corrected chi connectivity index (χ2v) is 6.88. The summed E-state index contributed by atoms with van der Waals surface area (Å²) in [4.78, 5) is 5.96. The van der Waals surface area contributed by atoms with Gasteiger partial charge in [-0.2, -0.15) is 0 Å². The van der Waals surface area contributed by atoms with E-state index in [0.29, 0.717) is 6.04 Å². The van der Waals surface area contributed by atoms with Crippen LogP contribution in [0.2, 0.25) is 0 Å². The van der Waals surface area contributed by atoms with E-state index in [1.165, 1.54) is 12.8 Å². The Morgan fingerprint density at radius 3 is 2.70 bits per heavy atom. The standard InChI is InChI=1S/C21H18FN5/c22-18-10-17(15-6-8-23-9-7-15)12-26(13-18)20-3-1-2-16(11-20)21-25-24-14-27(21)19-4-5-19/h1-3,6-12,14,19H,4-5,13H2. The van der Waals surface area contributed by atoms with Gasteiger partial charge < -0.3 is 9.47 Å². The maximum Gasteiger partial charge on any atom is 0.164 e. The molecule has 1 saturated carbocycles. The monoisotopic (exact) mass is 359 g/mol. The van der Waals surface area contributed by atoms with Gasteiger partial charge in [0.25, 0.3) is 0 Å². The van der Waals surface area contributed by atoms with Crippen molar-refractivity contribution in [1.82, 2.24) is 19.7 Å². The van der Waals surface area contributed by atoms with Gasteiger partial charge in [0.05, 0.1) is 6.54 Å². The Kier molecular flexibility index (Phi) is 3.81. The van der Waals surface area contributed by atoms with Gasteiger partial charge in [-0.25, -0.2) is 4.39 Å². The normalized spacial score (nSPS) is 16.9. The summed E-state index contributed by atoms with van der Waals surface area (Å²) in [6.45, 7) is 0.216. The van der Waals surface area contributed by atoms with Crippen molar-refractivity contribution in [3.8, 4) is 11.4 Å². The Labute approximate surface area is 156 Å². The third-order valence-corrected chi connectivity index (χ3v) is 4.89. The predicted octanol–water partition coefficient (Wildman–Crippen LogP) is 4.39. The van der Waals surface area contributed by atoms with Crippen molar-refractivity contribution in [2.24, 2.45) is 0 Å². The van der Waals surface area contributed by atoms with E-state index in [0.717, 1.165) is 28.2 Å². The van der Waals surface area contributed by atoms with Crippen LogP contribution in [-0.2, 0) is 0 Å². The lowest BCUT2D eigenvalue weighted by atomic mass is 10.0. The molecular weight excluding hydrogens is 341 g/mol. The van der Waals surface area contributed by atoms with Gasteiger partial charge in [-0.1, -0.05) is 12.1 Å². The summed E-state index contributed by atoms with van der Waals surface area (Å²) in [7, 11) is 0. The third-order valence-electron chi connectivity index (χ3n) is 4.89. The van der Waals surface area contributed by atoms with Crippen LogP contribution in [0.3, 0.4) is 0 Å². The summed E-state index contributed by atoms with van der Waals surface area (Å²) >= 11 is 0. The van der Waals surface area contributed by atoms with Crippen LogP contribution in [0.15, 0.2) is 73.2 Å². The molecule has 0 unspecified atom stereocenters. The van der Waals surface area contributed by atoms with E-state index in [-0.39, 0.29) is 12.4 Å². The highest BCUT2D eigenvalue weighted by atomic mass is 19.1. The summed E-state index contributed by atoms with van der Waals surface area (Å²) in [5, 5.41) is 8.38. The molecule has 5 rings (SSSR count). The van der Waals surface area contributed by atoms with Gasteiger partial charge in [0.15, 0.2) is 5.82 Å². The number of rotatable bonds is 4. The quantitative estimate of drug-likeness (QED) is 0.693. The van der Waals surface area contributed by atoms with Gasteiger partial charge in [0, 0.05) is 41.5 Å². The number of hydrogen-bond acceptors (Lipinski definition) is 4. The number of hydrogen-bond donors (Lipinski definition) is 0. The minimum Gasteiger partial charge on any atom is -0.341 e. The second kappa shape index (κ2) is 6.46. The van der Waals surface area contributed by atoms with Crippen molar-refractivity contribution in [1.29, 1.82) is 0 Å². The fourth-order valence-electron chi connectivity index (χ4n) is 3.39. The number of allylic oxidation sites excluding steroid dienone is 2. The van der Waals surface area contributed by atoms with Crippen LogP contribution in [0.25, 0.3) is 17.0 Å². The molecule has 0 bridgehead atoms. The average molecular weight is 359 g/mol. The van der Waals surface area contributed by atoms with Crippen LogP contribution < -0.4 is 4.90 Å². The highest BCUT2D eigenvalue weighted by molar-refractivity contribution is 5.79. The summed E-state index contributed by atoms with van der Waals surface area (Å²) in [6, 6.07) is 12.3. The Hall–Kier alpha value is -3.28. The molecule has 0 saturated heterocycles. The third kappa shape index (κ3) is 3.14. The molecule has 2 aliphatic rings. The zero-order valence-corrected chi connectivity index (χ0v) is 14.7. The van der Waals surface area contributed by atoms with Gasteiger partial charge >= 0.3 is 0 Å². The zero-order valence-electron chi connectivity index (χ0n) is 14.7. The van der Waals surface area contributed by atoms with E-state index in [9.17, 15) is 4.39 Å². The van der Waals surface area contributed by atoms with Crippen LogP contribution in [0, 0.1) is 0 Å². The Bertz CT molecular complexity index is 1030. The number of benzene rings is 1. The molecule has 3 heterocycles. The van der Waals surface area contributed by atoms with Crippen molar-refractivity contribution in [2.75, 3.05) is 11.4 Å². The van der Waals surface area contributed by atoms with Crippen LogP contribution in [-0.4, -0.2) is 26.3 Å². The molecule has 6 heteroatoms. The molecule has 5 nitrogen and oxygen atoms in total. The highest BCUT2D eigenvalue weighted by Crippen LogP contribution is 2.38. The predicted molar refractivity (Wildman–Crippen MR) is 102 cm³/mol. The molecule has 27 heavy (non-hydrogen) atoms. The van der Waals surface area contributed by atoms with E-state index in [1.807, 2.05) is 47.5 Å². The Morgan fingerprint density at radius 1 is 1.04 bits per heavy atom. The van der Waals surface area contributed by atoms with Gasteiger partial charge in [-0.3, -0.25) is 4.98 Å². The van der Waals surface area contributed by atoms with E-state index in [4.69, 9.17) is 0 Å². The summed E-state index contributed by atoms with van der Waals surface area (Å²) in [6.07, 6.45) is 11.1. The first-order chi connectivity index (χ1) is 13.3. The van der Waals surface area contributed by atoms with Crippen molar-refractivity contribution < 1.29 is 4.39 Å². The van der Waals surface area contributed by atoms with Gasteiger partial charge in [0.1, 0.15) is 12.2 Å². The fraction of sp³-hybridized carbons (Fsp3) is 0.190. The molecule has 2 aromatic heterocycles. The van der Waals surface area contributed by atoms with Crippen molar-refractivity contribution in [2.45, 2.75) is 18.9 Å². The number of halogens is 1. The van der Waals surface area contributed by atoms with E-state index < -0.39 is 0 Å². The maximum atomic E-state index is 14.3. The van der Waals surface area contributed by atoms with Gasteiger partial charge in [-0.15, -0.1) is 10.2 Å². The summed E-state index contributed by atoms with van der Waals surface area (Å²) < 4.78 is 16.5. The van der Waals surface area contributed by atoms with Crippen LogP contribution in [0.5, 0.6) is 0 Å². The molecule has 1 aromatic carbocycles. The topological polar surface area (TPSA) is 46.8 Å². The smallest absolute Gasteiger partial charge is 0.164 e. The highest BCUT2D eigenvalue weighted by Gasteiger charge is 2.26. The average Bonchev–Trinajstić information content (AvgIpc) is 3.44. The molecule has 1 aliphatic heterocycles. The van der Waals surface area contributed by atoms with E-state index >= 15 is 0 Å². The zero-order chi connectivity index (χ0) is 18.2. The second-order valence-electron chi connectivity index (χ2n) is 6.88. The molecule has 0 radical (unpaired) electrons. The van der Waals surface area contributed by atoms with Gasteiger partial charge in [-0.05, 0) is 48.7 Å². The SMILES string of the molecule is FC1=CC(c2ccncc2)=CN(c2cccc(-c3nncn3C3CC3)c2)C1. The first-order valence-corrected chi connectivity index (χ1v) is 9.03. The maximum absolute atomic E-state index is 14.3. The van der Waals surface area contributed by atoms with E-state index in [2.05, 4.69) is 19.7 Å². The Morgan fingerprint density at radius 2 is 1.89 bits per heavy atom. The summed E-state index contributed by atoms with van der Waals surface area (Å²) in [5.41, 5.74) is 3.68. The van der Waals surface area contributed by atoms with Gasteiger partial charge in [0.2, 0.25) is 0 Å². The van der Waals surface area contributed by atoms with Crippen LogP contribution >= 0.6 is 0 Å². The fourth-order valence-corrected chi connectivity index (χ4v) is 3.39. The number of pyridine rings is 1. The largest absolute Gasteiger partial charge is 0.341 e. The molecular formula is C21H18FN5. The number of anilines is 1. The molecule has 1 aliphatic carbocycles. The molecule has 0 atom stereocenters. The molecule has 3 aromatic rings. The van der Waals surface area contributed by atoms with Crippen molar-refractivity contribution in [3.63, 3.8) is 0 Å². The lowest BCUT2D eigenvalue weighted by Gasteiger charge is -2.25. The lowest BCUT2D eigenvalue weighted by molar-refractivity contribution is 0.611. The van der Waals surface area contributed by atoms with Crippen LogP contribution in [0.1, 0.15) is 24.4 Å². The molecule has 134 valence electrons. The molecule has 0 N–H and O–H groups in total. The first kappa shape index (κ1) is 15.9. The van der Waals surface area contributed by atoms with Crippen molar-refractivity contribution in [3.05, 3.63) is 78.8 Å².